The van der Waals surface area contributed by atoms with Gasteiger partial charge in [-0.1, -0.05) is 37.3 Å². The first-order valence-electron chi connectivity index (χ1n) is 6.80. The lowest BCUT2D eigenvalue weighted by Crippen LogP contribution is -2.12. The van der Waals surface area contributed by atoms with Gasteiger partial charge in [-0.05, 0) is 18.1 Å². The first kappa shape index (κ1) is 14.8. The van der Waals surface area contributed by atoms with Crippen molar-refractivity contribution in [2.75, 3.05) is 17.7 Å². The van der Waals surface area contributed by atoms with E-state index in [0.717, 1.165) is 12.0 Å². The summed E-state index contributed by atoms with van der Waals surface area (Å²) in [5, 5.41) is 17.2. The lowest BCUT2D eigenvalue weighted by atomic mass is 10.0. The Kier molecular flexibility index (Phi) is 4.71. The highest BCUT2D eigenvalue weighted by Gasteiger charge is 2.19. The fraction of sp³-hybridized carbons (Fsp3) is 0.267. The van der Waals surface area contributed by atoms with Crippen molar-refractivity contribution in [2.45, 2.75) is 19.4 Å². The number of pyridine rings is 1. The van der Waals surface area contributed by atoms with E-state index in [9.17, 15) is 10.1 Å². The van der Waals surface area contributed by atoms with Gasteiger partial charge in [0.1, 0.15) is 5.82 Å². The average Bonchev–Trinajstić information content (AvgIpc) is 2.53. The molecule has 21 heavy (non-hydrogen) atoms. The van der Waals surface area contributed by atoms with Crippen LogP contribution in [0.1, 0.15) is 24.9 Å². The number of anilines is 2. The molecule has 6 heteroatoms. The maximum Gasteiger partial charge on any atom is 0.311 e. The Morgan fingerprint density at radius 2 is 1.95 bits per heavy atom. The summed E-state index contributed by atoms with van der Waals surface area (Å²) in [6.45, 7) is 2.03. The Morgan fingerprint density at radius 1 is 1.24 bits per heavy atom. The third-order valence-corrected chi connectivity index (χ3v) is 3.25. The normalized spacial score (nSPS) is 11.7. The molecule has 110 valence electrons. The minimum absolute atomic E-state index is 0.0236. The van der Waals surface area contributed by atoms with Gasteiger partial charge in [0.25, 0.3) is 0 Å². The zero-order valence-corrected chi connectivity index (χ0v) is 12.0. The van der Waals surface area contributed by atoms with E-state index in [1.54, 1.807) is 13.1 Å². The van der Waals surface area contributed by atoms with Crippen molar-refractivity contribution in [2.24, 2.45) is 0 Å². The molecule has 0 aliphatic carbocycles. The topological polar surface area (TPSA) is 80.1 Å². The van der Waals surface area contributed by atoms with E-state index in [0.29, 0.717) is 5.82 Å². The Morgan fingerprint density at radius 3 is 2.52 bits per heavy atom. The van der Waals surface area contributed by atoms with Crippen LogP contribution in [0, 0.1) is 10.1 Å². The van der Waals surface area contributed by atoms with Crippen LogP contribution in [0.15, 0.2) is 42.5 Å². The average molecular weight is 286 g/mol. The molecule has 1 unspecified atom stereocenters. The van der Waals surface area contributed by atoms with Crippen molar-refractivity contribution >= 4 is 17.3 Å². The van der Waals surface area contributed by atoms with Gasteiger partial charge in [-0.25, -0.2) is 4.98 Å². The lowest BCUT2D eigenvalue weighted by molar-refractivity contribution is -0.384. The van der Waals surface area contributed by atoms with Crippen LogP contribution < -0.4 is 10.6 Å². The quantitative estimate of drug-likeness (QED) is 0.626. The highest BCUT2D eigenvalue weighted by atomic mass is 16.6. The fourth-order valence-corrected chi connectivity index (χ4v) is 2.12. The summed E-state index contributed by atoms with van der Waals surface area (Å²) in [6.07, 6.45) is 0.798. The summed E-state index contributed by atoms with van der Waals surface area (Å²) < 4.78 is 0. The summed E-state index contributed by atoms with van der Waals surface area (Å²) in [4.78, 5) is 15.0. The third kappa shape index (κ3) is 3.47. The Balaban J connectivity index is 2.34. The monoisotopic (exact) mass is 286 g/mol. The molecule has 2 aromatic rings. The SMILES string of the molecule is CCC(Nc1nc(NC)ccc1[N+](=O)[O-])c1ccccc1. The van der Waals surface area contributed by atoms with Crippen molar-refractivity contribution in [3.05, 3.63) is 58.1 Å². The minimum atomic E-state index is -0.424. The zero-order chi connectivity index (χ0) is 15.2. The number of hydrogen-bond donors (Lipinski definition) is 2. The molecule has 1 heterocycles. The van der Waals surface area contributed by atoms with Crippen molar-refractivity contribution in [3.63, 3.8) is 0 Å². The Labute approximate surface area is 123 Å². The molecule has 0 bridgehead atoms. The molecule has 1 aromatic carbocycles. The van der Waals surface area contributed by atoms with Gasteiger partial charge in [-0.2, -0.15) is 0 Å². The lowest BCUT2D eigenvalue weighted by Gasteiger charge is -2.18. The van der Waals surface area contributed by atoms with E-state index in [4.69, 9.17) is 0 Å². The molecule has 6 nitrogen and oxygen atoms in total. The van der Waals surface area contributed by atoms with Crippen molar-refractivity contribution in [3.8, 4) is 0 Å². The summed E-state index contributed by atoms with van der Waals surface area (Å²) in [6, 6.07) is 12.9. The van der Waals surface area contributed by atoms with E-state index in [1.165, 1.54) is 6.07 Å². The Bertz CT molecular complexity index is 616. The Hall–Kier alpha value is -2.63. The van der Waals surface area contributed by atoms with Gasteiger partial charge in [0.15, 0.2) is 0 Å². The maximum atomic E-state index is 11.1. The molecule has 0 aliphatic heterocycles. The number of hydrogen-bond acceptors (Lipinski definition) is 5. The molecule has 0 fully saturated rings. The highest BCUT2D eigenvalue weighted by Crippen LogP contribution is 2.29. The van der Waals surface area contributed by atoms with Crippen LogP contribution in [0.4, 0.5) is 17.3 Å². The second-order valence-corrected chi connectivity index (χ2v) is 4.59. The molecule has 0 saturated carbocycles. The molecular weight excluding hydrogens is 268 g/mol. The van der Waals surface area contributed by atoms with Gasteiger partial charge < -0.3 is 10.6 Å². The van der Waals surface area contributed by atoms with Crippen LogP contribution in [-0.2, 0) is 0 Å². The van der Waals surface area contributed by atoms with Crippen LogP contribution in [0.5, 0.6) is 0 Å². The minimum Gasteiger partial charge on any atom is -0.373 e. The number of aromatic nitrogens is 1. The summed E-state index contributed by atoms with van der Waals surface area (Å²) in [5.41, 5.74) is 1.05. The molecule has 2 N–H and O–H groups in total. The number of nitrogens with one attached hydrogen (secondary N) is 2. The van der Waals surface area contributed by atoms with Gasteiger partial charge in [0, 0.05) is 13.1 Å². The second kappa shape index (κ2) is 6.69. The van der Waals surface area contributed by atoms with E-state index in [-0.39, 0.29) is 17.5 Å². The first-order valence-corrected chi connectivity index (χ1v) is 6.80. The summed E-state index contributed by atoms with van der Waals surface area (Å²) in [5.74, 6) is 0.869. The molecule has 0 aliphatic rings. The van der Waals surface area contributed by atoms with E-state index >= 15 is 0 Å². The van der Waals surface area contributed by atoms with E-state index in [2.05, 4.69) is 15.6 Å². The number of rotatable bonds is 6. The van der Waals surface area contributed by atoms with Crippen LogP contribution in [0.2, 0.25) is 0 Å². The van der Waals surface area contributed by atoms with Crippen molar-refractivity contribution in [1.29, 1.82) is 0 Å². The summed E-state index contributed by atoms with van der Waals surface area (Å²) >= 11 is 0. The van der Waals surface area contributed by atoms with Crippen LogP contribution in [-0.4, -0.2) is 17.0 Å². The molecule has 1 atom stereocenters. The number of nitro groups is 1. The largest absolute Gasteiger partial charge is 0.373 e. The van der Waals surface area contributed by atoms with Gasteiger partial charge in [0.05, 0.1) is 11.0 Å². The van der Waals surface area contributed by atoms with E-state index < -0.39 is 4.92 Å². The maximum absolute atomic E-state index is 11.1. The van der Waals surface area contributed by atoms with Crippen LogP contribution >= 0.6 is 0 Å². The number of nitrogens with zero attached hydrogens (tertiary/aromatic N) is 2. The van der Waals surface area contributed by atoms with Crippen molar-refractivity contribution < 1.29 is 4.92 Å². The molecule has 2 rings (SSSR count). The molecule has 0 spiro atoms. The highest BCUT2D eigenvalue weighted by molar-refractivity contribution is 5.61. The molecule has 1 aromatic heterocycles. The predicted octanol–water partition coefficient (Wildman–Crippen LogP) is 3.59. The molecule has 0 saturated heterocycles. The van der Waals surface area contributed by atoms with Gasteiger partial charge >= 0.3 is 5.69 Å². The third-order valence-electron chi connectivity index (χ3n) is 3.25. The summed E-state index contributed by atoms with van der Waals surface area (Å²) in [7, 11) is 1.73. The molecule has 0 radical (unpaired) electrons. The van der Waals surface area contributed by atoms with Crippen molar-refractivity contribution in [1.82, 2.24) is 4.98 Å². The van der Waals surface area contributed by atoms with Gasteiger partial charge in [0.2, 0.25) is 5.82 Å². The van der Waals surface area contributed by atoms with Crippen LogP contribution in [0.25, 0.3) is 0 Å². The predicted molar refractivity (Wildman–Crippen MR) is 83.5 cm³/mol. The van der Waals surface area contributed by atoms with Crippen LogP contribution in [0.3, 0.4) is 0 Å². The first-order chi connectivity index (χ1) is 10.2. The second-order valence-electron chi connectivity index (χ2n) is 4.59. The standard InChI is InChI=1S/C15H18N4O2/c1-3-12(11-7-5-4-6-8-11)17-15-13(19(20)21)9-10-14(16-2)18-15/h4-10,12H,3H2,1-2H3,(H2,16,17,18). The fourth-order valence-electron chi connectivity index (χ4n) is 2.12. The zero-order valence-electron chi connectivity index (χ0n) is 12.0. The smallest absolute Gasteiger partial charge is 0.311 e. The van der Waals surface area contributed by atoms with Gasteiger partial charge in [-0.15, -0.1) is 0 Å². The number of benzene rings is 1. The molecule has 0 amide bonds. The van der Waals surface area contributed by atoms with Gasteiger partial charge in [-0.3, -0.25) is 10.1 Å². The molecular formula is C15H18N4O2. The van der Waals surface area contributed by atoms with E-state index in [1.807, 2.05) is 37.3 Å².